The zero-order valence-electron chi connectivity index (χ0n) is 9.42. The molecule has 4 heteroatoms. The first-order valence-electron chi connectivity index (χ1n) is 5.81. The molecule has 17 heavy (non-hydrogen) atoms. The highest BCUT2D eigenvalue weighted by atomic mass is 35.5. The topological polar surface area (TPSA) is 26.3 Å². The van der Waals surface area contributed by atoms with E-state index < -0.39 is 0 Å². The summed E-state index contributed by atoms with van der Waals surface area (Å²) in [5, 5.41) is 0.860. The zero-order valence-corrected chi connectivity index (χ0v) is 10.9. The summed E-state index contributed by atoms with van der Waals surface area (Å²) >= 11 is 11.9. The van der Waals surface area contributed by atoms with Crippen molar-refractivity contribution >= 4 is 29.5 Å². The molecule has 0 radical (unpaired) electrons. The molecule has 0 heterocycles. The molecular formula is C13H14Cl2O2. The Balaban J connectivity index is 2.21. The first-order chi connectivity index (χ1) is 8.20. The van der Waals surface area contributed by atoms with Crippen LogP contribution >= 0.6 is 23.2 Å². The molecule has 0 saturated heterocycles. The van der Waals surface area contributed by atoms with Crippen LogP contribution in [0.15, 0.2) is 12.1 Å². The summed E-state index contributed by atoms with van der Waals surface area (Å²) in [6.07, 6.45) is 6.55. The molecule has 1 aromatic rings. The average Bonchev–Trinajstić information content (AvgIpc) is 2.33. The molecule has 1 aromatic carbocycles. The van der Waals surface area contributed by atoms with Gasteiger partial charge < -0.3 is 4.74 Å². The number of hydrogen-bond donors (Lipinski definition) is 0. The second kappa shape index (κ2) is 5.74. The van der Waals surface area contributed by atoms with Crippen molar-refractivity contribution in [2.24, 2.45) is 0 Å². The Morgan fingerprint density at radius 2 is 1.88 bits per heavy atom. The van der Waals surface area contributed by atoms with Crippen molar-refractivity contribution < 1.29 is 9.53 Å². The summed E-state index contributed by atoms with van der Waals surface area (Å²) < 4.78 is 5.84. The molecule has 0 unspecified atom stereocenters. The van der Waals surface area contributed by atoms with Gasteiger partial charge in [-0.05, 0) is 37.8 Å². The maximum Gasteiger partial charge on any atom is 0.153 e. The van der Waals surface area contributed by atoms with Crippen molar-refractivity contribution in [2.45, 2.75) is 38.2 Å². The maximum absolute atomic E-state index is 11.0. The van der Waals surface area contributed by atoms with Gasteiger partial charge in [0.1, 0.15) is 5.75 Å². The van der Waals surface area contributed by atoms with Crippen LogP contribution in [-0.4, -0.2) is 12.4 Å². The molecule has 0 aliphatic heterocycles. The summed E-state index contributed by atoms with van der Waals surface area (Å²) in [7, 11) is 0. The van der Waals surface area contributed by atoms with Crippen LogP contribution in [0.3, 0.4) is 0 Å². The zero-order chi connectivity index (χ0) is 12.3. The van der Waals surface area contributed by atoms with Gasteiger partial charge in [-0.3, -0.25) is 4.79 Å². The van der Waals surface area contributed by atoms with Crippen molar-refractivity contribution in [3.63, 3.8) is 0 Å². The molecule has 1 aliphatic rings. The quantitative estimate of drug-likeness (QED) is 0.757. The van der Waals surface area contributed by atoms with Crippen LogP contribution < -0.4 is 4.74 Å². The highest BCUT2D eigenvalue weighted by Crippen LogP contribution is 2.34. The lowest BCUT2D eigenvalue weighted by atomic mass is 9.98. The number of carbonyl (C=O) groups excluding carboxylic acids is 1. The smallest absolute Gasteiger partial charge is 0.153 e. The van der Waals surface area contributed by atoms with Gasteiger partial charge in [-0.25, -0.2) is 0 Å². The van der Waals surface area contributed by atoms with Crippen LogP contribution in [-0.2, 0) is 0 Å². The minimum absolute atomic E-state index is 0.168. The Morgan fingerprint density at radius 3 is 2.53 bits per heavy atom. The molecule has 2 nitrogen and oxygen atoms in total. The molecular weight excluding hydrogens is 259 g/mol. The predicted molar refractivity (Wildman–Crippen MR) is 69.4 cm³/mol. The van der Waals surface area contributed by atoms with Gasteiger partial charge in [0.15, 0.2) is 6.29 Å². The van der Waals surface area contributed by atoms with Crippen LogP contribution in [0.1, 0.15) is 42.5 Å². The van der Waals surface area contributed by atoms with E-state index in [-0.39, 0.29) is 6.10 Å². The van der Waals surface area contributed by atoms with E-state index in [1.54, 1.807) is 12.1 Å². The fraction of sp³-hybridized carbons (Fsp3) is 0.462. The molecule has 1 saturated carbocycles. The first kappa shape index (κ1) is 12.7. The lowest BCUT2D eigenvalue weighted by Gasteiger charge is -2.24. The fourth-order valence-electron chi connectivity index (χ4n) is 2.14. The molecule has 92 valence electrons. The van der Waals surface area contributed by atoms with Crippen molar-refractivity contribution in [3.8, 4) is 5.75 Å². The summed E-state index contributed by atoms with van der Waals surface area (Å²) in [5.74, 6) is 0.470. The van der Waals surface area contributed by atoms with Crippen LogP contribution in [0.5, 0.6) is 5.75 Å². The number of halogens is 2. The van der Waals surface area contributed by atoms with E-state index in [1.165, 1.54) is 19.3 Å². The Bertz CT molecular complexity index is 412. The molecule has 1 fully saturated rings. The third-order valence-electron chi connectivity index (χ3n) is 3.00. The predicted octanol–water partition coefficient (Wildman–Crippen LogP) is 4.52. The molecule has 0 amide bonds. The minimum atomic E-state index is 0.168. The lowest BCUT2D eigenvalue weighted by Crippen LogP contribution is -2.20. The molecule has 0 aromatic heterocycles. The average molecular weight is 273 g/mol. The lowest BCUT2D eigenvalue weighted by molar-refractivity contribution is 0.111. The van der Waals surface area contributed by atoms with Crippen LogP contribution in [0, 0.1) is 0 Å². The minimum Gasteiger partial charge on any atom is -0.488 e. The molecule has 2 rings (SSSR count). The SMILES string of the molecule is O=Cc1cc(Cl)cc(Cl)c1OC1CCCCC1. The van der Waals surface area contributed by atoms with Gasteiger partial charge in [0.25, 0.3) is 0 Å². The molecule has 0 bridgehead atoms. The number of aldehydes is 1. The Morgan fingerprint density at radius 1 is 1.18 bits per heavy atom. The highest BCUT2D eigenvalue weighted by Gasteiger charge is 2.18. The summed E-state index contributed by atoms with van der Waals surface area (Å²) in [6.45, 7) is 0. The van der Waals surface area contributed by atoms with Gasteiger partial charge in [0.2, 0.25) is 0 Å². The first-order valence-corrected chi connectivity index (χ1v) is 6.57. The van der Waals surface area contributed by atoms with Gasteiger partial charge >= 0.3 is 0 Å². The summed E-state index contributed by atoms with van der Waals surface area (Å²) in [5.41, 5.74) is 0.424. The maximum atomic E-state index is 11.0. The molecule has 0 spiro atoms. The number of rotatable bonds is 3. The third kappa shape index (κ3) is 3.14. The molecule has 1 aliphatic carbocycles. The number of hydrogen-bond acceptors (Lipinski definition) is 2. The summed E-state index contributed by atoms with van der Waals surface area (Å²) in [4.78, 5) is 11.0. The van der Waals surface area contributed by atoms with Crippen molar-refractivity contribution in [2.75, 3.05) is 0 Å². The van der Waals surface area contributed by atoms with Gasteiger partial charge in [0.05, 0.1) is 16.7 Å². The normalized spacial score (nSPS) is 16.8. The summed E-state index contributed by atoms with van der Waals surface area (Å²) in [6, 6.07) is 3.19. The highest BCUT2D eigenvalue weighted by molar-refractivity contribution is 6.36. The van der Waals surface area contributed by atoms with E-state index in [0.29, 0.717) is 21.4 Å². The number of ether oxygens (including phenoxy) is 1. The van der Waals surface area contributed by atoms with E-state index in [4.69, 9.17) is 27.9 Å². The van der Waals surface area contributed by atoms with Crippen molar-refractivity contribution in [3.05, 3.63) is 27.7 Å². The monoisotopic (exact) mass is 272 g/mol. The second-order valence-electron chi connectivity index (χ2n) is 4.30. The Labute approximate surface area is 111 Å². The third-order valence-corrected chi connectivity index (χ3v) is 3.50. The fourth-order valence-corrected chi connectivity index (χ4v) is 2.70. The van der Waals surface area contributed by atoms with Crippen molar-refractivity contribution in [1.82, 2.24) is 0 Å². The Hall–Kier alpha value is -0.730. The largest absolute Gasteiger partial charge is 0.488 e. The van der Waals surface area contributed by atoms with Gasteiger partial charge in [0, 0.05) is 5.02 Å². The van der Waals surface area contributed by atoms with Crippen LogP contribution in [0.4, 0.5) is 0 Å². The van der Waals surface area contributed by atoms with Crippen LogP contribution in [0.25, 0.3) is 0 Å². The van der Waals surface area contributed by atoms with E-state index >= 15 is 0 Å². The van der Waals surface area contributed by atoms with E-state index in [9.17, 15) is 4.79 Å². The van der Waals surface area contributed by atoms with Gasteiger partial charge in [-0.15, -0.1) is 0 Å². The number of carbonyl (C=O) groups is 1. The van der Waals surface area contributed by atoms with E-state index in [0.717, 1.165) is 19.1 Å². The van der Waals surface area contributed by atoms with Gasteiger partial charge in [-0.1, -0.05) is 29.6 Å². The molecule has 0 atom stereocenters. The molecule has 0 N–H and O–H groups in total. The standard InChI is InChI=1S/C13H14Cl2O2/c14-10-6-9(8-16)13(12(15)7-10)17-11-4-2-1-3-5-11/h6-8,11H,1-5H2. The Kier molecular flexibility index (Phi) is 4.30. The van der Waals surface area contributed by atoms with Crippen molar-refractivity contribution in [1.29, 1.82) is 0 Å². The van der Waals surface area contributed by atoms with Crippen LogP contribution in [0.2, 0.25) is 10.0 Å². The van der Waals surface area contributed by atoms with E-state index in [1.807, 2.05) is 0 Å². The number of benzene rings is 1. The van der Waals surface area contributed by atoms with Gasteiger partial charge in [-0.2, -0.15) is 0 Å². The second-order valence-corrected chi connectivity index (χ2v) is 5.15. The van der Waals surface area contributed by atoms with E-state index in [2.05, 4.69) is 0 Å².